The van der Waals surface area contributed by atoms with E-state index in [9.17, 15) is 9.90 Å². The molecule has 1 atom stereocenters. The van der Waals surface area contributed by atoms with Crippen molar-refractivity contribution in [1.82, 2.24) is 10.1 Å². The van der Waals surface area contributed by atoms with Crippen LogP contribution in [0.2, 0.25) is 0 Å². The molecular formula is C18H28N2O3. The van der Waals surface area contributed by atoms with Crippen molar-refractivity contribution in [1.29, 1.82) is 0 Å². The molecule has 0 bridgehead atoms. The summed E-state index contributed by atoms with van der Waals surface area (Å²) in [7, 11) is 0. The highest BCUT2D eigenvalue weighted by Crippen LogP contribution is 2.34. The number of carbonyl (C=O) groups excluding carboxylic acids is 1. The summed E-state index contributed by atoms with van der Waals surface area (Å²) in [5.41, 5.74) is 1.38. The average Bonchev–Trinajstić information content (AvgIpc) is 3.01. The molecule has 0 spiro atoms. The molecule has 1 aromatic heterocycles. The Kier molecular flexibility index (Phi) is 5.99. The molecule has 1 N–H and O–H groups in total. The molecule has 1 amide bonds. The molecule has 2 heterocycles. The van der Waals surface area contributed by atoms with Crippen LogP contribution < -0.4 is 0 Å². The summed E-state index contributed by atoms with van der Waals surface area (Å²) in [6, 6.07) is 1.75. The Morgan fingerprint density at radius 2 is 2.30 bits per heavy atom. The van der Waals surface area contributed by atoms with E-state index >= 15 is 0 Å². The van der Waals surface area contributed by atoms with E-state index in [2.05, 4.69) is 32.0 Å². The summed E-state index contributed by atoms with van der Waals surface area (Å²) in [5, 5.41) is 13.8. The predicted octanol–water partition coefficient (Wildman–Crippen LogP) is 3.20. The van der Waals surface area contributed by atoms with E-state index in [1.807, 2.05) is 4.90 Å². The van der Waals surface area contributed by atoms with Gasteiger partial charge in [0.15, 0.2) is 5.69 Å². The van der Waals surface area contributed by atoms with Gasteiger partial charge in [0.05, 0.1) is 6.61 Å². The van der Waals surface area contributed by atoms with Crippen LogP contribution in [-0.4, -0.2) is 40.8 Å². The lowest BCUT2D eigenvalue weighted by Crippen LogP contribution is -2.47. The molecule has 5 nitrogen and oxygen atoms in total. The number of rotatable bonds is 6. The third kappa shape index (κ3) is 4.44. The van der Waals surface area contributed by atoms with Gasteiger partial charge >= 0.3 is 0 Å². The predicted molar refractivity (Wildman–Crippen MR) is 89.2 cm³/mol. The zero-order valence-corrected chi connectivity index (χ0v) is 14.5. The van der Waals surface area contributed by atoms with E-state index in [1.165, 1.54) is 5.57 Å². The van der Waals surface area contributed by atoms with E-state index < -0.39 is 0 Å². The summed E-state index contributed by atoms with van der Waals surface area (Å²) in [5.74, 6) is 0.664. The summed E-state index contributed by atoms with van der Waals surface area (Å²) in [6.45, 7) is 7.56. The Balaban J connectivity index is 2.09. The number of hydrogen-bond acceptors (Lipinski definition) is 4. The van der Waals surface area contributed by atoms with Gasteiger partial charge in [-0.15, -0.1) is 0 Å². The molecule has 5 heteroatoms. The topological polar surface area (TPSA) is 66.6 Å². The highest BCUT2D eigenvalue weighted by atomic mass is 16.5. The highest BCUT2D eigenvalue weighted by molar-refractivity contribution is 5.92. The quantitative estimate of drug-likeness (QED) is 0.817. The van der Waals surface area contributed by atoms with Gasteiger partial charge in [0.1, 0.15) is 5.76 Å². The number of carbonyl (C=O) groups is 1. The normalized spacial score (nSPS) is 21.3. The Hall–Kier alpha value is -1.62. The first-order valence-corrected chi connectivity index (χ1v) is 8.49. The van der Waals surface area contributed by atoms with E-state index in [4.69, 9.17) is 4.52 Å². The van der Waals surface area contributed by atoms with Crippen LogP contribution in [0.3, 0.4) is 0 Å². The monoisotopic (exact) mass is 320 g/mol. The number of aliphatic hydroxyl groups is 1. The maximum atomic E-state index is 12.7. The number of nitrogens with zero attached hydrogens (tertiary/aromatic N) is 2. The zero-order chi connectivity index (χ0) is 16.9. The van der Waals surface area contributed by atoms with Crippen LogP contribution in [0.15, 0.2) is 22.2 Å². The van der Waals surface area contributed by atoms with Crippen molar-refractivity contribution in [3.63, 3.8) is 0 Å². The van der Waals surface area contributed by atoms with Crippen LogP contribution in [0.1, 0.15) is 62.7 Å². The van der Waals surface area contributed by atoms with Gasteiger partial charge < -0.3 is 14.5 Å². The third-order valence-electron chi connectivity index (χ3n) is 4.50. The average molecular weight is 320 g/mol. The Bertz CT molecular complexity index is 560. The van der Waals surface area contributed by atoms with Crippen LogP contribution in [-0.2, 0) is 6.42 Å². The van der Waals surface area contributed by atoms with Crippen LogP contribution >= 0.6 is 0 Å². The Morgan fingerprint density at radius 3 is 2.96 bits per heavy atom. The molecule has 0 aromatic carbocycles. The molecule has 2 rings (SSSR count). The maximum absolute atomic E-state index is 12.7. The molecule has 128 valence electrons. The minimum Gasteiger partial charge on any atom is -0.396 e. The standard InChI is InChI=1S/C18H28N2O3/c1-4-6-15-11-16(19-23-15)17(22)20-10-5-8-18(12-20,13-21)9-7-14(2)3/h7,11,21H,4-6,8-10,12-13H2,1-3H3/t18-/m0/s1. The molecule has 1 aromatic rings. The van der Waals surface area contributed by atoms with E-state index in [-0.39, 0.29) is 17.9 Å². The SMILES string of the molecule is CCCc1cc(C(=O)N2CCC[C@](CO)(CC=C(C)C)C2)no1. The van der Waals surface area contributed by atoms with Crippen molar-refractivity contribution in [3.8, 4) is 0 Å². The van der Waals surface area contributed by atoms with Crippen LogP contribution in [0, 0.1) is 5.41 Å². The first-order chi connectivity index (χ1) is 11.0. The second-order valence-corrected chi connectivity index (χ2v) is 6.90. The lowest BCUT2D eigenvalue weighted by Gasteiger charge is -2.41. The molecule has 1 saturated heterocycles. The molecule has 0 saturated carbocycles. The number of aliphatic hydroxyl groups excluding tert-OH is 1. The minimum absolute atomic E-state index is 0.0918. The fourth-order valence-corrected chi connectivity index (χ4v) is 3.10. The van der Waals surface area contributed by atoms with Crippen LogP contribution in [0.25, 0.3) is 0 Å². The van der Waals surface area contributed by atoms with E-state index in [0.29, 0.717) is 18.8 Å². The first kappa shape index (κ1) is 17.7. The maximum Gasteiger partial charge on any atom is 0.276 e. The third-order valence-corrected chi connectivity index (χ3v) is 4.50. The summed E-state index contributed by atoms with van der Waals surface area (Å²) in [4.78, 5) is 14.5. The van der Waals surface area contributed by atoms with Crippen molar-refractivity contribution < 1.29 is 14.4 Å². The highest BCUT2D eigenvalue weighted by Gasteiger charge is 2.36. The van der Waals surface area contributed by atoms with Crippen LogP contribution in [0.5, 0.6) is 0 Å². The van der Waals surface area contributed by atoms with Gasteiger partial charge in [0.25, 0.3) is 5.91 Å². The summed E-state index contributed by atoms with van der Waals surface area (Å²) >= 11 is 0. The lowest BCUT2D eigenvalue weighted by molar-refractivity contribution is 0.0278. The van der Waals surface area contributed by atoms with Gasteiger partial charge in [-0.05, 0) is 39.5 Å². The Morgan fingerprint density at radius 1 is 1.52 bits per heavy atom. The van der Waals surface area contributed by atoms with Gasteiger partial charge in [-0.3, -0.25) is 4.79 Å². The number of hydrogen-bond donors (Lipinski definition) is 1. The van der Waals surface area contributed by atoms with Gasteiger partial charge in [-0.2, -0.15) is 0 Å². The van der Waals surface area contributed by atoms with Crippen molar-refractivity contribution in [2.45, 2.75) is 52.9 Å². The fraction of sp³-hybridized carbons (Fsp3) is 0.667. The summed E-state index contributed by atoms with van der Waals surface area (Å²) < 4.78 is 5.22. The van der Waals surface area contributed by atoms with Crippen molar-refractivity contribution in [2.75, 3.05) is 19.7 Å². The Labute approximate surface area is 138 Å². The number of aryl methyl sites for hydroxylation is 1. The zero-order valence-electron chi connectivity index (χ0n) is 14.5. The molecule has 0 aliphatic carbocycles. The van der Waals surface area contributed by atoms with Crippen molar-refractivity contribution >= 4 is 5.91 Å². The van der Waals surface area contributed by atoms with Crippen LogP contribution in [0.4, 0.5) is 0 Å². The number of amides is 1. The smallest absolute Gasteiger partial charge is 0.276 e. The number of allylic oxidation sites excluding steroid dienone is 2. The second kappa shape index (κ2) is 7.77. The number of piperidine rings is 1. The van der Waals surface area contributed by atoms with Crippen molar-refractivity contribution in [2.24, 2.45) is 5.41 Å². The second-order valence-electron chi connectivity index (χ2n) is 6.90. The molecule has 1 aliphatic heterocycles. The van der Waals surface area contributed by atoms with Gasteiger partial charge in [0, 0.05) is 31.0 Å². The van der Waals surface area contributed by atoms with E-state index in [1.54, 1.807) is 6.07 Å². The van der Waals surface area contributed by atoms with Gasteiger partial charge in [-0.1, -0.05) is 23.7 Å². The number of likely N-dealkylation sites (tertiary alicyclic amines) is 1. The van der Waals surface area contributed by atoms with Gasteiger partial charge in [-0.25, -0.2) is 0 Å². The molecular weight excluding hydrogens is 292 g/mol. The van der Waals surface area contributed by atoms with E-state index in [0.717, 1.165) is 37.9 Å². The molecule has 0 radical (unpaired) electrons. The lowest BCUT2D eigenvalue weighted by atomic mass is 9.77. The molecule has 1 fully saturated rings. The van der Waals surface area contributed by atoms with Crippen molar-refractivity contribution in [3.05, 3.63) is 29.2 Å². The summed E-state index contributed by atoms with van der Waals surface area (Å²) in [6.07, 6.45) is 6.55. The molecule has 23 heavy (non-hydrogen) atoms. The first-order valence-electron chi connectivity index (χ1n) is 8.49. The molecule has 1 aliphatic rings. The largest absolute Gasteiger partial charge is 0.396 e. The number of aromatic nitrogens is 1. The molecule has 0 unspecified atom stereocenters. The fourth-order valence-electron chi connectivity index (χ4n) is 3.10. The van der Waals surface area contributed by atoms with Gasteiger partial charge in [0.2, 0.25) is 0 Å². The minimum atomic E-state index is -0.235.